The standard InChI is InChI=1S/C13H20O5/c1-3-18-13(16)12(15)8-11(14)9-4-6-10(17-2)7-5-9/h9-10H,3-8H2,1-2H3. The molecule has 5 nitrogen and oxygen atoms in total. The van der Waals surface area contributed by atoms with Crippen molar-refractivity contribution in [2.45, 2.75) is 45.1 Å². The number of ketones is 2. The Morgan fingerprint density at radius 2 is 1.72 bits per heavy atom. The second-order valence-corrected chi connectivity index (χ2v) is 4.50. The normalized spacial score (nSPS) is 23.4. The zero-order chi connectivity index (χ0) is 13.5. The van der Waals surface area contributed by atoms with Crippen molar-refractivity contribution >= 4 is 17.5 Å². The SMILES string of the molecule is CCOC(=O)C(=O)CC(=O)C1CCC(OC)CC1. The van der Waals surface area contributed by atoms with E-state index < -0.39 is 11.8 Å². The lowest BCUT2D eigenvalue weighted by molar-refractivity contribution is -0.154. The molecular weight excluding hydrogens is 236 g/mol. The van der Waals surface area contributed by atoms with Gasteiger partial charge in [0.2, 0.25) is 5.78 Å². The summed E-state index contributed by atoms with van der Waals surface area (Å²) in [7, 11) is 1.66. The lowest BCUT2D eigenvalue weighted by Gasteiger charge is -2.26. The molecule has 0 unspecified atom stereocenters. The van der Waals surface area contributed by atoms with E-state index in [2.05, 4.69) is 4.74 Å². The molecule has 0 bridgehead atoms. The third-order valence-corrected chi connectivity index (χ3v) is 3.30. The molecule has 0 aromatic heterocycles. The van der Waals surface area contributed by atoms with Crippen molar-refractivity contribution < 1.29 is 23.9 Å². The zero-order valence-electron chi connectivity index (χ0n) is 10.9. The molecular formula is C13H20O5. The summed E-state index contributed by atoms with van der Waals surface area (Å²) in [5.74, 6) is -1.91. The van der Waals surface area contributed by atoms with Crippen molar-refractivity contribution in [2.75, 3.05) is 13.7 Å². The van der Waals surface area contributed by atoms with E-state index in [9.17, 15) is 14.4 Å². The van der Waals surface area contributed by atoms with Crippen LogP contribution in [0.25, 0.3) is 0 Å². The summed E-state index contributed by atoms with van der Waals surface area (Å²) >= 11 is 0. The van der Waals surface area contributed by atoms with Gasteiger partial charge < -0.3 is 9.47 Å². The highest BCUT2D eigenvalue weighted by molar-refractivity contribution is 6.37. The van der Waals surface area contributed by atoms with Crippen LogP contribution in [0.4, 0.5) is 0 Å². The number of hydrogen-bond donors (Lipinski definition) is 0. The van der Waals surface area contributed by atoms with E-state index in [1.807, 2.05) is 0 Å². The van der Waals surface area contributed by atoms with Gasteiger partial charge in [0.05, 0.1) is 19.1 Å². The lowest BCUT2D eigenvalue weighted by Crippen LogP contribution is -2.29. The summed E-state index contributed by atoms with van der Waals surface area (Å²) in [5.41, 5.74) is 0. The van der Waals surface area contributed by atoms with Gasteiger partial charge in [0.15, 0.2) is 0 Å². The summed E-state index contributed by atoms with van der Waals surface area (Å²) in [6.07, 6.45) is 3.01. The van der Waals surface area contributed by atoms with E-state index in [4.69, 9.17) is 4.74 Å². The summed E-state index contributed by atoms with van der Waals surface area (Å²) < 4.78 is 9.78. The second-order valence-electron chi connectivity index (χ2n) is 4.50. The lowest BCUT2D eigenvalue weighted by atomic mass is 9.83. The van der Waals surface area contributed by atoms with Gasteiger partial charge in [-0.3, -0.25) is 9.59 Å². The number of rotatable bonds is 6. The molecule has 0 aromatic rings. The number of carbonyl (C=O) groups excluding carboxylic acids is 3. The first-order chi connectivity index (χ1) is 8.58. The highest BCUT2D eigenvalue weighted by Gasteiger charge is 2.29. The molecule has 0 atom stereocenters. The Kier molecular flexibility index (Phi) is 5.98. The largest absolute Gasteiger partial charge is 0.460 e. The molecule has 0 radical (unpaired) electrons. The number of Topliss-reactive ketones (excluding diaryl/α,β-unsaturated/α-hetero) is 2. The Hall–Kier alpha value is -1.23. The molecule has 0 amide bonds. The summed E-state index contributed by atoms with van der Waals surface area (Å²) in [6.45, 7) is 1.77. The molecule has 5 heteroatoms. The Balaban J connectivity index is 2.37. The highest BCUT2D eigenvalue weighted by Crippen LogP contribution is 2.27. The molecule has 0 saturated heterocycles. The number of carbonyl (C=O) groups is 3. The summed E-state index contributed by atoms with van der Waals surface area (Å²) in [5, 5.41) is 0. The molecule has 1 saturated carbocycles. The maximum Gasteiger partial charge on any atom is 0.375 e. The minimum absolute atomic E-state index is 0.116. The minimum Gasteiger partial charge on any atom is -0.460 e. The maximum absolute atomic E-state index is 11.8. The molecule has 0 aliphatic heterocycles. The van der Waals surface area contributed by atoms with Gasteiger partial charge in [0.25, 0.3) is 0 Å². The van der Waals surface area contributed by atoms with Crippen molar-refractivity contribution in [3.05, 3.63) is 0 Å². The molecule has 0 aromatic carbocycles. The summed E-state index contributed by atoms with van der Waals surface area (Å²) in [6, 6.07) is 0. The van der Waals surface area contributed by atoms with Crippen LogP contribution in [-0.4, -0.2) is 37.4 Å². The third-order valence-electron chi connectivity index (χ3n) is 3.30. The van der Waals surface area contributed by atoms with Crippen molar-refractivity contribution in [3.63, 3.8) is 0 Å². The van der Waals surface area contributed by atoms with E-state index in [1.165, 1.54) is 0 Å². The number of ether oxygens (including phenoxy) is 2. The van der Waals surface area contributed by atoms with Gasteiger partial charge in [-0.1, -0.05) is 0 Å². The smallest absolute Gasteiger partial charge is 0.375 e. The topological polar surface area (TPSA) is 69.7 Å². The van der Waals surface area contributed by atoms with Crippen LogP contribution in [0, 0.1) is 5.92 Å². The van der Waals surface area contributed by atoms with Gasteiger partial charge in [-0.25, -0.2) is 4.79 Å². The maximum atomic E-state index is 11.8. The number of methoxy groups -OCH3 is 1. The molecule has 18 heavy (non-hydrogen) atoms. The van der Waals surface area contributed by atoms with E-state index in [0.717, 1.165) is 25.7 Å². The first-order valence-electron chi connectivity index (χ1n) is 6.34. The Labute approximate surface area is 107 Å². The zero-order valence-corrected chi connectivity index (χ0v) is 10.9. The van der Waals surface area contributed by atoms with Crippen molar-refractivity contribution in [2.24, 2.45) is 5.92 Å². The first kappa shape index (κ1) is 14.8. The molecule has 1 aliphatic rings. The van der Waals surface area contributed by atoms with Gasteiger partial charge in [-0.05, 0) is 32.6 Å². The Morgan fingerprint density at radius 1 is 1.11 bits per heavy atom. The Bertz CT molecular complexity index is 315. The molecule has 1 aliphatic carbocycles. The van der Waals surface area contributed by atoms with Crippen LogP contribution in [0.15, 0.2) is 0 Å². The third kappa shape index (κ3) is 4.22. The van der Waals surface area contributed by atoms with Crippen molar-refractivity contribution in [3.8, 4) is 0 Å². The molecule has 0 N–H and O–H groups in total. The molecule has 1 rings (SSSR count). The van der Waals surface area contributed by atoms with Gasteiger partial charge in [0.1, 0.15) is 5.78 Å². The highest BCUT2D eigenvalue weighted by atomic mass is 16.5. The molecule has 0 heterocycles. The molecule has 1 fully saturated rings. The van der Waals surface area contributed by atoms with Crippen LogP contribution in [0.3, 0.4) is 0 Å². The van der Waals surface area contributed by atoms with Gasteiger partial charge in [0, 0.05) is 13.0 Å². The van der Waals surface area contributed by atoms with Crippen LogP contribution >= 0.6 is 0 Å². The first-order valence-corrected chi connectivity index (χ1v) is 6.34. The predicted octanol–water partition coefficient (Wildman–Crippen LogP) is 1.28. The van der Waals surface area contributed by atoms with Crippen LogP contribution in [0.1, 0.15) is 39.0 Å². The average Bonchev–Trinajstić information content (AvgIpc) is 2.39. The van der Waals surface area contributed by atoms with Crippen molar-refractivity contribution in [1.82, 2.24) is 0 Å². The van der Waals surface area contributed by atoms with E-state index in [1.54, 1.807) is 14.0 Å². The van der Waals surface area contributed by atoms with Gasteiger partial charge in [-0.2, -0.15) is 0 Å². The van der Waals surface area contributed by atoms with Gasteiger partial charge in [-0.15, -0.1) is 0 Å². The Morgan fingerprint density at radius 3 is 2.22 bits per heavy atom. The number of hydrogen-bond acceptors (Lipinski definition) is 5. The molecule has 0 spiro atoms. The van der Waals surface area contributed by atoms with Gasteiger partial charge >= 0.3 is 5.97 Å². The fraction of sp³-hybridized carbons (Fsp3) is 0.769. The quantitative estimate of drug-likeness (QED) is 0.407. The van der Waals surface area contributed by atoms with E-state index in [-0.39, 0.29) is 30.8 Å². The summed E-state index contributed by atoms with van der Waals surface area (Å²) in [4.78, 5) is 34.3. The van der Waals surface area contributed by atoms with Crippen LogP contribution < -0.4 is 0 Å². The van der Waals surface area contributed by atoms with E-state index >= 15 is 0 Å². The van der Waals surface area contributed by atoms with Crippen molar-refractivity contribution in [1.29, 1.82) is 0 Å². The minimum atomic E-state index is -0.906. The van der Waals surface area contributed by atoms with Crippen LogP contribution in [0.5, 0.6) is 0 Å². The van der Waals surface area contributed by atoms with Crippen LogP contribution in [0.2, 0.25) is 0 Å². The van der Waals surface area contributed by atoms with E-state index in [0.29, 0.717) is 0 Å². The molecule has 102 valence electrons. The second kappa shape index (κ2) is 7.26. The fourth-order valence-electron chi connectivity index (χ4n) is 2.21. The average molecular weight is 256 g/mol. The predicted molar refractivity (Wildman–Crippen MR) is 64.0 cm³/mol. The monoisotopic (exact) mass is 256 g/mol. The fourth-order valence-corrected chi connectivity index (χ4v) is 2.21. The van der Waals surface area contributed by atoms with Crippen LogP contribution in [-0.2, 0) is 23.9 Å². The number of esters is 1.